The second-order valence-corrected chi connectivity index (χ2v) is 6.05. The largest absolute Gasteiger partial charge is 0.377 e. The van der Waals surface area contributed by atoms with Crippen molar-refractivity contribution in [2.75, 3.05) is 11.9 Å². The number of pyridine rings is 1. The normalized spacial score (nSPS) is 13.0. The Balaban J connectivity index is 2.13. The summed E-state index contributed by atoms with van der Waals surface area (Å²) >= 11 is 0. The Hall–Kier alpha value is -1.87. The number of aromatic nitrogens is 1. The molecule has 1 aromatic carbocycles. The van der Waals surface area contributed by atoms with E-state index in [-0.39, 0.29) is 11.5 Å². The van der Waals surface area contributed by atoms with Crippen LogP contribution in [0.15, 0.2) is 48.8 Å². The number of nitrogens with two attached hydrogens (primary N) is 1. The van der Waals surface area contributed by atoms with Crippen molar-refractivity contribution in [2.24, 2.45) is 5.73 Å². The lowest BCUT2D eigenvalue weighted by Crippen LogP contribution is -2.20. The summed E-state index contributed by atoms with van der Waals surface area (Å²) in [5.41, 5.74) is 9.55. The Morgan fingerprint density at radius 1 is 1.15 bits per heavy atom. The molecule has 20 heavy (non-hydrogen) atoms. The van der Waals surface area contributed by atoms with Gasteiger partial charge in [-0.15, -0.1) is 0 Å². The fourth-order valence-corrected chi connectivity index (χ4v) is 2.13. The van der Waals surface area contributed by atoms with E-state index in [1.807, 2.05) is 18.3 Å². The van der Waals surface area contributed by atoms with Crippen molar-refractivity contribution in [2.45, 2.75) is 32.2 Å². The lowest BCUT2D eigenvalue weighted by atomic mass is 9.87. The Morgan fingerprint density at radius 2 is 1.85 bits per heavy atom. The Bertz CT molecular complexity index is 526. The first-order chi connectivity index (χ1) is 9.50. The van der Waals surface area contributed by atoms with Crippen molar-refractivity contribution in [3.8, 4) is 0 Å². The van der Waals surface area contributed by atoms with Crippen molar-refractivity contribution in [1.82, 2.24) is 4.98 Å². The molecule has 3 N–H and O–H groups in total. The van der Waals surface area contributed by atoms with Crippen molar-refractivity contribution in [3.05, 3.63) is 59.9 Å². The van der Waals surface area contributed by atoms with Gasteiger partial charge in [-0.1, -0.05) is 39.0 Å². The van der Waals surface area contributed by atoms with Crippen LogP contribution in [0.25, 0.3) is 0 Å². The van der Waals surface area contributed by atoms with Gasteiger partial charge in [0, 0.05) is 24.6 Å². The SMILES string of the molecule is CC(C)(C)c1ccc(NC(CN)c2cccnc2)cc1. The number of anilines is 1. The average molecular weight is 269 g/mol. The molecule has 0 radical (unpaired) electrons. The third kappa shape index (κ3) is 3.58. The van der Waals surface area contributed by atoms with E-state index in [0.29, 0.717) is 6.54 Å². The maximum atomic E-state index is 5.86. The third-order valence-corrected chi connectivity index (χ3v) is 3.41. The summed E-state index contributed by atoms with van der Waals surface area (Å²) in [5, 5.41) is 3.46. The molecule has 2 aromatic rings. The summed E-state index contributed by atoms with van der Waals surface area (Å²) in [5.74, 6) is 0. The van der Waals surface area contributed by atoms with E-state index in [1.54, 1.807) is 6.20 Å². The number of hydrogen-bond acceptors (Lipinski definition) is 3. The molecule has 0 saturated heterocycles. The second kappa shape index (κ2) is 6.06. The lowest BCUT2D eigenvalue weighted by molar-refractivity contribution is 0.590. The number of hydrogen-bond donors (Lipinski definition) is 2. The van der Waals surface area contributed by atoms with Crippen LogP contribution in [-0.4, -0.2) is 11.5 Å². The molecule has 0 saturated carbocycles. The van der Waals surface area contributed by atoms with Gasteiger partial charge in [-0.2, -0.15) is 0 Å². The number of benzene rings is 1. The lowest BCUT2D eigenvalue weighted by Gasteiger charge is -2.21. The summed E-state index contributed by atoms with van der Waals surface area (Å²) in [4.78, 5) is 4.15. The van der Waals surface area contributed by atoms with Crippen molar-refractivity contribution in [3.63, 3.8) is 0 Å². The zero-order chi connectivity index (χ0) is 14.6. The highest BCUT2D eigenvalue weighted by Crippen LogP contribution is 2.25. The zero-order valence-electron chi connectivity index (χ0n) is 12.4. The highest BCUT2D eigenvalue weighted by Gasteiger charge is 2.14. The molecule has 3 nitrogen and oxygen atoms in total. The maximum absolute atomic E-state index is 5.86. The van der Waals surface area contributed by atoms with E-state index < -0.39 is 0 Å². The van der Waals surface area contributed by atoms with Crippen LogP contribution in [0, 0.1) is 0 Å². The Morgan fingerprint density at radius 3 is 2.35 bits per heavy atom. The van der Waals surface area contributed by atoms with Crippen LogP contribution in [0.1, 0.15) is 37.9 Å². The van der Waals surface area contributed by atoms with Gasteiger partial charge >= 0.3 is 0 Å². The second-order valence-electron chi connectivity index (χ2n) is 6.05. The van der Waals surface area contributed by atoms with Gasteiger partial charge in [-0.05, 0) is 34.7 Å². The molecule has 0 bridgehead atoms. The Kier molecular flexibility index (Phi) is 4.40. The van der Waals surface area contributed by atoms with E-state index in [4.69, 9.17) is 5.73 Å². The van der Waals surface area contributed by atoms with Crippen LogP contribution in [0.2, 0.25) is 0 Å². The minimum absolute atomic E-state index is 0.0872. The van der Waals surface area contributed by atoms with Gasteiger partial charge in [0.2, 0.25) is 0 Å². The fraction of sp³-hybridized carbons (Fsp3) is 0.353. The Labute approximate surface area is 121 Å². The highest BCUT2D eigenvalue weighted by atomic mass is 14.9. The molecule has 2 rings (SSSR count). The van der Waals surface area contributed by atoms with Gasteiger partial charge in [0.05, 0.1) is 6.04 Å². The van der Waals surface area contributed by atoms with Gasteiger partial charge in [0.1, 0.15) is 0 Å². The van der Waals surface area contributed by atoms with Crippen LogP contribution < -0.4 is 11.1 Å². The molecule has 106 valence electrons. The molecule has 0 amide bonds. The highest BCUT2D eigenvalue weighted by molar-refractivity contribution is 5.47. The van der Waals surface area contributed by atoms with E-state index >= 15 is 0 Å². The summed E-state index contributed by atoms with van der Waals surface area (Å²) in [7, 11) is 0. The number of nitrogens with one attached hydrogen (secondary N) is 1. The smallest absolute Gasteiger partial charge is 0.0651 e. The predicted molar refractivity (Wildman–Crippen MR) is 84.8 cm³/mol. The number of rotatable bonds is 4. The summed E-state index contributed by atoms with van der Waals surface area (Å²) in [6.45, 7) is 7.18. The number of nitrogens with zero attached hydrogens (tertiary/aromatic N) is 1. The molecule has 1 atom stereocenters. The third-order valence-electron chi connectivity index (χ3n) is 3.41. The molecule has 1 aromatic heterocycles. The van der Waals surface area contributed by atoms with E-state index in [1.165, 1.54) is 5.56 Å². The molecule has 0 aliphatic carbocycles. The predicted octanol–water partition coefficient (Wildman–Crippen LogP) is 3.49. The first-order valence-electron chi connectivity index (χ1n) is 6.98. The zero-order valence-corrected chi connectivity index (χ0v) is 12.4. The molecular weight excluding hydrogens is 246 g/mol. The molecule has 1 unspecified atom stereocenters. The van der Waals surface area contributed by atoms with Crippen molar-refractivity contribution >= 4 is 5.69 Å². The van der Waals surface area contributed by atoms with Crippen LogP contribution in [0.4, 0.5) is 5.69 Å². The van der Waals surface area contributed by atoms with Gasteiger partial charge in [0.25, 0.3) is 0 Å². The maximum Gasteiger partial charge on any atom is 0.0651 e. The van der Waals surface area contributed by atoms with Gasteiger partial charge in [-0.25, -0.2) is 0 Å². The topological polar surface area (TPSA) is 50.9 Å². The van der Waals surface area contributed by atoms with Gasteiger partial charge in [0.15, 0.2) is 0 Å². The van der Waals surface area contributed by atoms with Crippen LogP contribution in [-0.2, 0) is 5.41 Å². The molecule has 0 aliphatic rings. The average Bonchev–Trinajstić information content (AvgIpc) is 2.45. The minimum Gasteiger partial charge on any atom is -0.377 e. The standard InChI is InChI=1S/C17H23N3/c1-17(2,3)14-6-8-15(9-7-14)20-16(11-18)13-5-4-10-19-12-13/h4-10,12,16,20H,11,18H2,1-3H3. The summed E-state index contributed by atoms with van der Waals surface area (Å²) < 4.78 is 0. The molecule has 0 aliphatic heterocycles. The van der Waals surface area contributed by atoms with Crippen LogP contribution in [0.3, 0.4) is 0 Å². The fourth-order valence-electron chi connectivity index (χ4n) is 2.13. The molecule has 1 heterocycles. The van der Waals surface area contributed by atoms with E-state index in [2.05, 4.69) is 55.3 Å². The van der Waals surface area contributed by atoms with Crippen molar-refractivity contribution in [1.29, 1.82) is 0 Å². The first-order valence-corrected chi connectivity index (χ1v) is 6.98. The minimum atomic E-state index is 0.0872. The summed E-state index contributed by atoms with van der Waals surface area (Å²) in [6, 6.07) is 12.6. The monoisotopic (exact) mass is 269 g/mol. The van der Waals surface area contributed by atoms with Gasteiger partial charge < -0.3 is 11.1 Å². The quantitative estimate of drug-likeness (QED) is 0.893. The van der Waals surface area contributed by atoms with E-state index in [0.717, 1.165) is 11.3 Å². The van der Waals surface area contributed by atoms with Crippen LogP contribution >= 0.6 is 0 Å². The summed E-state index contributed by atoms with van der Waals surface area (Å²) in [6.07, 6.45) is 3.63. The van der Waals surface area contributed by atoms with E-state index in [9.17, 15) is 0 Å². The van der Waals surface area contributed by atoms with Crippen molar-refractivity contribution < 1.29 is 0 Å². The first kappa shape index (κ1) is 14.5. The molecule has 0 spiro atoms. The molecule has 3 heteroatoms. The molecular formula is C17H23N3. The molecule has 0 fully saturated rings. The van der Waals surface area contributed by atoms with Crippen LogP contribution in [0.5, 0.6) is 0 Å². The van der Waals surface area contributed by atoms with Gasteiger partial charge in [-0.3, -0.25) is 4.98 Å².